The van der Waals surface area contributed by atoms with E-state index in [-0.39, 0.29) is 10.4 Å². The quantitative estimate of drug-likeness (QED) is 0.846. The predicted octanol–water partition coefficient (Wildman–Crippen LogP) is 1.49. The summed E-state index contributed by atoms with van der Waals surface area (Å²) in [6.07, 6.45) is 4.72. The van der Waals surface area contributed by atoms with Crippen molar-refractivity contribution >= 4 is 22.6 Å². The highest BCUT2D eigenvalue weighted by Crippen LogP contribution is 2.37. The summed E-state index contributed by atoms with van der Waals surface area (Å²) >= 11 is 0. The Morgan fingerprint density at radius 2 is 2.28 bits per heavy atom. The number of carboxylic acid groups (broad SMARTS) is 1. The average molecular weight is 268 g/mol. The number of aromatic nitrogens is 1. The molecule has 1 fully saturated rings. The minimum Gasteiger partial charge on any atom is -0.477 e. The van der Waals surface area contributed by atoms with Crippen LogP contribution in [0.2, 0.25) is 0 Å². The molecule has 0 amide bonds. The first-order chi connectivity index (χ1) is 8.53. The molecule has 1 aromatic heterocycles. The summed E-state index contributed by atoms with van der Waals surface area (Å²) in [5.74, 6) is -0.525. The van der Waals surface area contributed by atoms with Gasteiger partial charge in [0.15, 0.2) is 5.69 Å². The van der Waals surface area contributed by atoms with Gasteiger partial charge in [0.05, 0.1) is 4.75 Å². The molecule has 1 atom stereocenters. The Morgan fingerprint density at radius 3 is 2.78 bits per heavy atom. The third kappa shape index (κ3) is 2.53. The molecule has 2 N–H and O–H groups in total. The van der Waals surface area contributed by atoms with Crippen molar-refractivity contribution in [3.05, 3.63) is 23.9 Å². The van der Waals surface area contributed by atoms with Crippen molar-refractivity contribution in [2.75, 3.05) is 18.1 Å². The van der Waals surface area contributed by atoms with Crippen molar-refractivity contribution in [3.63, 3.8) is 0 Å². The van der Waals surface area contributed by atoms with Gasteiger partial charge in [-0.15, -0.1) is 0 Å². The van der Waals surface area contributed by atoms with Crippen LogP contribution >= 0.6 is 0 Å². The summed E-state index contributed by atoms with van der Waals surface area (Å²) in [5, 5.41) is 11.9. The van der Waals surface area contributed by atoms with E-state index in [1.165, 1.54) is 6.07 Å². The predicted molar refractivity (Wildman–Crippen MR) is 70.3 cm³/mol. The van der Waals surface area contributed by atoms with Crippen LogP contribution in [0.3, 0.4) is 0 Å². The Morgan fingerprint density at radius 1 is 1.56 bits per heavy atom. The number of rotatable bonds is 5. The number of anilines is 1. The standard InChI is InChI=1S/C12H16N2O3S/c1-18(17)12(6-3-7-12)8-13-10-5-2-4-9(14-10)11(15)16/h2,4-5H,3,6-8H2,1H3,(H,13,14)(H,15,16). The lowest BCUT2D eigenvalue weighted by atomic mass is 9.84. The molecule has 0 spiro atoms. The maximum absolute atomic E-state index is 11.7. The summed E-state index contributed by atoms with van der Waals surface area (Å²) < 4.78 is 11.5. The van der Waals surface area contributed by atoms with Gasteiger partial charge in [-0.2, -0.15) is 0 Å². The fraction of sp³-hybridized carbons (Fsp3) is 0.500. The molecule has 1 aromatic rings. The van der Waals surface area contributed by atoms with E-state index < -0.39 is 16.8 Å². The molecule has 0 saturated heterocycles. The summed E-state index contributed by atoms with van der Waals surface area (Å²) in [5.41, 5.74) is 0.0141. The Hall–Kier alpha value is -1.43. The van der Waals surface area contributed by atoms with Crippen molar-refractivity contribution in [1.82, 2.24) is 4.98 Å². The first kappa shape index (κ1) is 13.0. The Bertz CT molecular complexity index is 486. The van der Waals surface area contributed by atoms with Crippen LogP contribution in [0, 0.1) is 0 Å². The summed E-state index contributed by atoms with van der Waals surface area (Å²) in [7, 11) is -0.877. The number of nitrogens with zero attached hydrogens (tertiary/aromatic N) is 1. The van der Waals surface area contributed by atoms with Gasteiger partial charge >= 0.3 is 5.97 Å². The van der Waals surface area contributed by atoms with Gasteiger partial charge in [0, 0.05) is 23.6 Å². The van der Waals surface area contributed by atoms with E-state index in [4.69, 9.17) is 5.11 Å². The number of aromatic carboxylic acids is 1. The zero-order chi connectivity index (χ0) is 13.2. The molecule has 0 aromatic carbocycles. The molecule has 2 rings (SSSR count). The van der Waals surface area contributed by atoms with Gasteiger partial charge in [0.25, 0.3) is 0 Å². The smallest absolute Gasteiger partial charge is 0.354 e. The number of hydrogen-bond acceptors (Lipinski definition) is 4. The normalized spacial score (nSPS) is 18.7. The summed E-state index contributed by atoms with van der Waals surface area (Å²) in [6.45, 7) is 0.576. The number of pyridine rings is 1. The van der Waals surface area contributed by atoms with E-state index in [1.54, 1.807) is 18.4 Å². The van der Waals surface area contributed by atoms with Crippen molar-refractivity contribution in [3.8, 4) is 0 Å². The molecular weight excluding hydrogens is 252 g/mol. The van der Waals surface area contributed by atoms with E-state index in [1.807, 2.05) is 0 Å². The van der Waals surface area contributed by atoms with Crippen LogP contribution in [0.4, 0.5) is 5.82 Å². The molecule has 5 nitrogen and oxygen atoms in total. The van der Waals surface area contributed by atoms with Crippen LogP contribution in [-0.4, -0.2) is 37.8 Å². The van der Waals surface area contributed by atoms with Gasteiger partial charge in [0.1, 0.15) is 5.82 Å². The van der Waals surface area contributed by atoms with Gasteiger partial charge in [-0.05, 0) is 25.0 Å². The monoisotopic (exact) mass is 268 g/mol. The van der Waals surface area contributed by atoms with Gasteiger partial charge in [-0.25, -0.2) is 9.78 Å². The minimum atomic E-state index is -1.05. The van der Waals surface area contributed by atoms with Crippen LogP contribution in [0.15, 0.2) is 18.2 Å². The van der Waals surface area contributed by atoms with Crippen molar-refractivity contribution in [1.29, 1.82) is 0 Å². The molecule has 1 aliphatic carbocycles. The molecule has 0 radical (unpaired) electrons. The fourth-order valence-corrected chi connectivity index (χ4v) is 3.18. The van der Waals surface area contributed by atoms with E-state index in [0.29, 0.717) is 12.4 Å². The van der Waals surface area contributed by atoms with Gasteiger partial charge < -0.3 is 10.4 Å². The highest BCUT2D eigenvalue weighted by molar-refractivity contribution is 7.85. The van der Waals surface area contributed by atoms with E-state index >= 15 is 0 Å². The van der Waals surface area contributed by atoms with Crippen LogP contribution in [0.5, 0.6) is 0 Å². The number of nitrogens with one attached hydrogen (secondary N) is 1. The molecule has 6 heteroatoms. The third-order valence-corrected chi connectivity index (χ3v) is 5.21. The lowest BCUT2D eigenvalue weighted by molar-refractivity contribution is 0.0690. The molecule has 98 valence electrons. The molecule has 0 bridgehead atoms. The number of hydrogen-bond donors (Lipinski definition) is 2. The second-order valence-corrected chi connectivity index (χ2v) is 6.33. The van der Waals surface area contributed by atoms with Crippen molar-refractivity contribution < 1.29 is 14.1 Å². The fourth-order valence-electron chi connectivity index (χ4n) is 2.04. The van der Waals surface area contributed by atoms with E-state index in [2.05, 4.69) is 10.3 Å². The number of carboxylic acids is 1. The SMILES string of the molecule is CS(=O)C1(CNc2cccc(C(=O)O)n2)CCC1. The summed E-state index contributed by atoms with van der Waals surface area (Å²) in [6, 6.07) is 4.82. The first-order valence-electron chi connectivity index (χ1n) is 5.81. The van der Waals surface area contributed by atoms with Crippen LogP contribution in [0.25, 0.3) is 0 Å². The largest absolute Gasteiger partial charge is 0.477 e. The zero-order valence-corrected chi connectivity index (χ0v) is 11.0. The molecule has 1 unspecified atom stereocenters. The van der Waals surface area contributed by atoms with Crippen LogP contribution in [-0.2, 0) is 10.8 Å². The summed E-state index contributed by atoms with van der Waals surface area (Å²) in [4.78, 5) is 14.8. The van der Waals surface area contributed by atoms with E-state index in [9.17, 15) is 9.00 Å². The highest BCUT2D eigenvalue weighted by Gasteiger charge is 2.40. The van der Waals surface area contributed by atoms with Gasteiger partial charge in [-0.1, -0.05) is 12.5 Å². The van der Waals surface area contributed by atoms with Crippen LogP contribution in [0.1, 0.15) is 29.8 Å². The van der Waals surface area contributed by atoms with E-state index in [0.717, 1.165) is 19.3 Å². The van der Waals surface area contributed by atoms with Gasteiger partial charge in [-0.3, -0.25) is 4.21 Å². The number of carbonyl (C=O) groups is 1. The average Bonchev–Trinajstić information content (AvgIpc) is 2.27. The minimum absolute atomic E-state index is 0.0141. The molecule has 1 heterocycles. The second-order valence-electron chi connectivity index (χ2n) is 4.56. The molecule has 18 heavy (non-hydrogen) atoms. The molecule has 0 aliphatic heterocycles. The second kappa shape index (κ2) is 5.06. The lowest BCUT2D eigenvalue weighted by Gasteiger charge is -2.40. The maximum Gasteiger partial charge on any atom is 0.354 e. The van der Waals surface area contributed by atoms with Crippen molar-refractivity contribution in [2.45, 2.75) is 24.0 Å². The van der Waals surface area contributed by atoms with Gasteiger partial charge in [0.2, 0.25) is 0 Å². The maximum atomic E-state index is 11.7. The Labute approximate surface area is 108 Å². The molecular formula is C12H16N2O3S. The molecule has 1 saturated carbocycles. The highest BCUT2D eigenvalue weighted by atomic mass is 32.2. The van der Waals surface area contributed by atoms with Crippen molar-refractivity contribution in [2.24, 2.45) is 0 Å². The topological polar surface area (TPSA) is 79.3 Å². The zero-order valence-electron chi connectivity index (χ0n) is 10.2. The Kier molecular flexibility index (Phi) is 3.65. The first-order valence-corrected chi connectivity index (χ1v) is 7.37. The lowest BCUT2D eigenvalue weighted by Crippen LogP contribution is -2.47. The van der Waals surface area contributed by atoms with Crippen LogP contribution < -0.4 is 5.32 Å². The Balaban J connectivity index is 2.04. The third-order valence-electron chi connectivity index (χ3n) is 3.43. The molecule has 1 aliphatic rings.